The monoisotopic (exact) mass is 248 g/mol. The number of hydrogen-bond donors (Lipinski definition) is 1. The number of rotatable bonds is 0. The smallest absolute Gasteiger partial charge is 0.0543 e. The van der Waals surface area contributed by atoms with Crippen molar-refractivity contribution in [3.05, 3.63) is 0 Å². The summed E-state index contributed by atoms with van der Waals surface area (Å²) in [6, 6.07) is 0. The lowest BCUT2D eigenvalue weighted by Gasteiger charge is -2.52. The fourth-order valence-electron chi connectivity index (χ4n) is 6.45. The molecule has 102 valence electrons. The predicted molar refractivity (Wildman–Crippen MR) is 73.1 cm³/mol. The minimum Gasteiger partial charge on any atom is -0.393 e. The molecule has 0 aromatic heterocycles. The van der Waals surface area contributed by atoms with Crippen molar-refractivity contribution in [1.29, 1.82) is 0 Å². The number of fused-ring (bicyclic) bond motifs is 5. The average Bonchev–Trinajstić information content (AvgIpc) is 2.86. The van der Waals surface area contributed by atoms with Crippen molar-refractivity contribution in [3.8, 4) is 0 Å². The predicted octanol–water partition coefficient (Wildman–Crippen LogP) is 4.00. The summed E-state index contributed by atoms with van der Waals surface area (Å²) in [5.41, 5.74) is 0. The second kappa shape index (κ2) is 4.51. The van der Waals surface area contributed by atoms with Crippen LogP contribution in [0.5, 0.6) is 0 Å². The summed E-state index contributed by atoms with van der Waals surface area (Å²) in [5.74, 6) is 6.23. The van der Waals surface area contributed by atoms with Crippen molar-refractivity contribution in [2.45, 2.75) is 70.3 Å². The summed E-state index contributed by atoms with van der Waals surface area (Å²) < 4.78 is 0. The zero-order chi connectivity index (χ0) is 12.1. The highest BCUT2D eigenvalue weighted by Gasteiger charge is 2.49. The molecule has 4 aliphatic carbocycles. The van der Waals surface area contributed by atoms with Crippen molar-refractivity contribution < 1.29 is 5.11 Å². The van der Waals surface area contributed by atoms with Gasteiger partial charge < -0.3 is 5.11 Å². The van der Waals surface area contributed by atoms with E-state index in [0.717, 1.165) is 48.3 Å². The molecular weight excluding hydrogens is 220 g/mol. The normalized spacial score (nSPS) is 55.5. The van der Waals surface area contributed by atoms with Gasteiger partial charge in [-0.25, -0.2) is 0 Å². The van der Waals surface area contributed by atoms with Crippen LogP contribution in [0, 0.1) is 35.5 Å². The standard InChI is InChI=1S/C17H28O/c18-13-6-9-15-12(10-13)5-8-16-14-3-1-2-11(14)4-7-17(15)16/h11-18H,1-10H2/t11?,12?,13?,14?,15?,16-,17?/m1/s1. The van der Waals surface area contributed by atoms with Gasteiger partial charge in [-0.05, 0) is 86.9 Å². The highest BCUT2D eigenvalue weighted by Crippen LogP contribution is 2.57. The van der Waals surface area contributed by atoms with Gasteiger partial charge in [0.15, 0.2) is 0 Å². The number of aliphatic hydroxyl groups excluding tert-OH is 1. The molecule has 1 nitrogen and oxygen atoms in total. The largest absolute Gasteiger partial charge is 0.393 e. The molecule has 0 radical (unpaired) electrons. The van der Waals surface area contributed by atoms with Crippen molar-refractivity contribution in [1.82, 2.24) is 0 Å². The van der Waals surface area contributed by atoms with E-state index in [0.29, 0.717) is 0 Å². The highest BCUT2D eigenvalue weighted by molar-refractivity contribution is 4.99. The van der Waals surface area contributed by atoms with Gasteiger partial charge in [-0.15, -0.1) is 0 Å². The maximum atomic E-state index is 9.89. The highest BCUT2D eigenvalue weighted by atomic mass is 16.3. The zero-order valence-electron chi connectivity index (χ0n) is 11.6. The maximum Gasteiger partial charge on any atom is 0.0543 e. The third-order valence-corrected chi connectivity index (χ3v) is 7.12. The molecule has 0 heterocycles. The summed E-state index contributed by atoms with van der Waals surface area (Å²) in [6.07, 6.45) is 14.2. The summed E-state index contributed by atoms with van der Waals surface area (Å²) in [6.45, 7) is 0. The summed E-state index contributed by atoms with van der Waals surface area (Å²) in [5, 5.41) is 9.89. The molecule has 4 saturated carbocycles. The summed E-state index contributed by atoms with van der Waals surface area (Å²) in [7, 11) is 0. The summed E-state index contributed by atoms with van der Waals surface area (Å²) in [4.78, 5) is 0. The summed E-state index contributed by atoms with van der Waals surface area (Å²) >= 11 is 0. The molecule has 1 heteroatoms. The Morgan fingerprint density at radius 3 is 2.06 bits per heavy atom. The van der Waals surface area contributed by atoms with Gasteiger partial charge in [-0.2, -0.15) is 0 Å². The van der Waals surface area contributed by atoms with E-state index in [4.69, 9.17) is 0 Å². The lowest BCUT2D eigenvalue weighted by Crippen LogP contribution is -2.45. The number of aliphatic hydroxyl groups is 1. The average molecular weight is 248 g/mol. The van der Waals surface area contributed by atoms with E-state index in [9.17, 15) is 5.11 Å². The van der Waals surface area contributed by atoms with Crippen molar-refractivity contribution in [2.75, 3.05) is 0 Å². The molecule has 0 aromatic rings. The molecule has 0 aromatic carbocycles. The van der Waals surface area contributed by atoms with E-state index in [1.807, 2.05) is 0 Å². The first-order chi connectivity index (χ1) is 8.83. The lowest BCUT2D eigenvalue weighted by molar-refractivity contribution is -0.0457. The molecule has 0 bridgehead atoms. The van der Waals surface area contributed by atoms with Crippen LogP contribution in [0.25, 0.3) is 0 Å². The van der Waals surface area contributed by atoms with Crippen LogP contribution in [-0.4, -0.2) is 11.2 Å². The molecular formula is C17H28O. The van der Waals surface area contributed by atoms with Crippen molar-refractivity contribution in [2.24, 2.45) is 35.5 Å². The van der Waals surface area contributed by atoms with Gasteiger partial charge in [0.1, 0.15) is 0 Å². The SMILES string of the molecule is OC1CCC2C(CC[C@@H]3C4CCCC4CCC23)C1. The first kappa shape index (κ1) is 11.8. The van der Waals surface area contributed by atoms with Gasteiger partial charge in [0.05, 0.1) is 6.10 Å². The van der Waals surface area contributed by atoms with Crippen LogP contribution in [0.4, 0.5) is 0 Å². The van der Waals surface area contributed by atoms with Gasteiger partial charge >= 0.3 is 0 Å². The Hall–Kier alpha value is -0.0400. The third kappa shape index (κ3) is 1.77. The van der Waals surface area contributed by atoms with Crippen LogP contribution in [0.15, 0.2) is 0 Å². The molecule has 0 saturated heterocycles. The molecule has 1 N–H and O–H groups in total. The zero-order valence-corrected chi connectivity index (χ0v) is 11.6. The first-order valence-corrected chi connectivity index (χ1v) is 8.51. The molecule has 6 unspecified atom stereocenters. The molecule has 18 heavy (non-hydrogen) atoms. The van der Waals surface area contributed by atoms with E-state index in [1.165, 1.54) is 38.5 Å². The minimum atomic E-state index is 0.0330. The Balaban J connectivity index is 1.53. The Morgan fingerprint density at radius 1 is 0.556 bits per heavy atom. The van der Waals surface area contributed by atoms with E-state index in [-0.39, 0.29) is 6.10 Å². The van der Waals surface area contributed by atoms with Crippen LogP contribution >= 0.6 is 0 Å². The fraction of sp³-hybridized carbons (Fsp3) is 1.00. The van der Waals surface area contributed by atoms with E-state index < -0.39 is 0 Å². The Labute approximate surface area is 111 Å². The maximum absolute atomic E-state index is 9.89. The van der Waals surface area contributed by atoms with Crippen molar-refractivity contribution in [3.63, 3.8) is 0 Å². The van der Waals surface area contributed by atoms with Crippen LogP contribution < -0.4 is 0 Å². The molecule has 0 aliphatic heterocycles. The first-order valence-electron chi connectivity index (χ1n) is 8.51. The van der Waals surface area contributed by atoms with Crippen LogP contribution in [0.2, 0.25) is 0 Å². The van der Waals surface area contributed by atoms with Crippen LogP contribution in [-0.2, 0) is 0 Å². The Kier molecular flexibility index (Phi) is 2.94. The third-order valence-electron chi connectivity index (χ3n) is 7.12. The van der Waals surface area contributed by atoms with Crippen molar-refractivity contribution >= 4 is 0 Å². The van der Waals surface area contributed by atoms with Gasteiger partial charge in [-0.3, -0.25) is 0 Å². The Morgan fingerprint density at radius 2 is 1.22 bits per heavy atom. The second-order valence-electron chi connectivity index (χ2n) is 7.73. The second-order valence-corrected chi connectivity index (χ2v) is 7.73. The molecule has 4 rings (SSSR count). The fourth-order valence-corrected chi connectivity index (χ4v) is 6.45. The van der Waals surface area contributed by atoms with Gasteiger partial charge in [0.2, 0.25) is 0 Å². The molecule has 0 spiro atoms. The molecule has 7 atom stereocenters. The van der Waals surface area contributed by atoms with Gasteiger partial charge in [0.25, 0.3) is 0 Å². The minimum absolute atomic E-state index is 0.0330. The van der Waals surface area contributed by atoms with Crippen LogP contribution in [0.3, 0.4) is 0 Å². The molecule has 0 amide bonds. The molecule has 4 aliphatic rings. The molecule has 4 fully saturated rings. The topological polar surface area (TPSA) is 20.2 Å². The lowest BCUT2D eigenvalue weighted by atomic mass is 9.53. The van der Waals surface area contributed by atoms with Crippen LogP contribution in [0.1, 0.15) is 64.2 Å². The van der Waals surface area contributed by atoms with Gasteiger partial charge in [-0.1, -0.05) is 12.8 Å². The van der Waals surface area contributed by atoms with Gasteiger partial charge in [0, 0.05) is 0 Å². The van der Waals surface area contributed by atoms with E-state index in [1.54, 1.807) is 12.8 Å². The van der Waals surface area contributed by atoms with E-state index in [2.05, 4.69) is 0 Å². The van der Waals surface area contributed by atoms with E-state index >= 15 is 0 Å². The number of hydrogen-bond acceptors (Lipinski definition) is 1. The Bertz CT molecular complexity index is 313. The quantitative estimate of drug-likeness (QED) is 0.687.